The molecule has 4 aromatic rings. The zero-order chi connectivity index (χ0) is 24.5. The van der Waals surface area contributed by atoms with Crippen LogP contribution in [-0.2, 0) is 4.79 Å². The van der Waals surface area contributed by atoms with E-state index in [0.29, 0.717) is 0 Å². The number of carbonyl (C=O) groups excluding carboxylic acids is 2. The van der Waals surface area contributed by atoms with E-state index in [1.54, 1.807) is 17.0 Å². The van der Waals surface area contributed by atoms with E-state index in [1.807, 2.05) is 86.8 Å². The maximum atomic E-state index is 14.4. The normalized spacial score (nSPS) is 14.4. The predicted octanol–water partition coefficient (Wildman–Crippen LogP) is 5.60. The Balaban J connectivity index is 1.57. The second-order valence-corrected chi connectivity index (χ2v) is 8.88. The summed E-state index contributed by atoms with van der Waals surface area (Å²) in [5.41, 5.74) is 3.54. The van der Waals surface area contributed by atoms with Crippen LogP contribution in [0.5, 0.6) is 0 Å². The molecule has 176 valence electrons. The van der Waals surface area contributed by atoms with E-state index in [1.165, 1.54) is 17.0 Å². The van der Waals surface area contributed by atoms with Gasteiger partial charge in [0.25, 0.3) is 5.91 Å². The number of hydrogen-bond donors (Lipinski definition) is 0. The fourth-order valence-corrected chi connectivity index (χ4v) is 4.71. The summed E-state index contributed by atoms with van der Waals surface area (Å²) >= 11 is 0. The quantitative estimate of drug-likeness (QED) is 0.383. The summed E-state index contributed by atoms with van der Waals surface area (Å²) in [5.74, 6) is -1.34. The smallest absolute Gasteiger partial charge is 0.257 e. The highest BCUT2D eigenvalue weighted by Gasteiger charge is 2.37. The van der Waals surface area contributed by atoms with Crippen molar-refractivity contribution in [1.82, 2.24) is 9.47 Å². The SMILES string of the molecule is CC(C)N(CC(=O)N1c2ccccc2-n2cccc2C1c1ccccc1)C(=O)c1ccccc1F. The van der Waals surface area contributed by atoms with Gasteiger partial charge in [-0.25, -0.2) is 4.39 Å². The van der Waals surface area contributed by atoms with Crippen molar-refractivity contribution in [3.63, 3.8) is 0 Å². The molecule has 0 fully saturated rings. The van der Waals surface area contributed by atoms with Crippen molar-refractivity contribution in [2.75, 3.05) is 11.4 Å². The van der Waals surface area contributed by atoms with Crippen LogP contribution >= 0.6 is 0 Å². The van der Waals surface area contributed by atoms with E-state index in [4.69, 9.17) is 0 Å². The lowest BCUT2D eigenvalue weighted by Crippen LogP contribution is -2.48. The van der Waals surface area contributed by atoms with Crippen molar-refractivity contribution in [1.29, 1.82) is 0 Å². The molecule has 1 atom stereocenters. The van der Waals surface area contributed by atoms with Crippen molar-refractivity contribution in [2.24, 2.45) is 0 Å². The Bertz CT molecular complexity index is 1380. The lowest BCUT2D eigenvalue weighted by molar-refractivity contribution is -0.120. The molecule has 0 N–H and O–H groups in total. The lowest BCUT2D eigenvalue weighted by Gasteiger charge is -2.40. The number of hydrogen-bond acceptors (Lipinski definition) is 2. The van der Waals surface area contributed by atoms with Crippen LogP contribution < -0.4 is 4.90 Å². The molecule has 0 saturated heterocycles. The van der Waals surface area contributed by atoms with Crippen LogP contribution in [0.25, 0.3) is 5.69 Å². The Kier molecular flexibility index (Phi) is 5.95. The molecule has 35 heavy (non-hydrogen) atoms. The van der Waals surface area contributed by atoms with Gasteiger partial charge in [0.15, 0.2) is 0 Å². The number of anilines is 1. The molecule has 0 aliphatic carbocycles. The molecule has 1 aliphatic heterocycles. The molecule has 1 aliphatic rings. The fourth-order valence-electron chi connectivity index (χ4n) is 4.71. The molecule has 6 heteroatoms. The van der Waals surface area contributed by atoms with Crippen LogP contribution in [0.15, 0.2) is 97.2 Å². The van der Waals surface area contributed by atoms with Gasteiger partial charge in [0.05, 0.1) is 22.6 Å². The first-order chi connectivity index (χ1) is 17.0. The highest BCUT2D eigenvalue weighted by Crippen LogP contribution is 2.42. The van der Waals surface area contributed by atoms with Gasteiger partial charge in [0.2, 0.25) is 5.91 Å². The summed E-state index contributed by atoms with van der Waals surface area (Å²) in [4.78, 5) is 30.5. The highest BCUT2D eigenvalue weighted by atomic mass is 19.1. The highest BCUT2D eigenvalue weighted by molar-refractivity contribution is 6.02. The molecule has 2 heterocycles. The third-order valence-corrected chi connectivity index (χ3v) is 6.40. The van der Waals surface area contributed by atoms with Gasteiger partial charge in [-0.2, -0.15) is 0 Å². The maximum absolute atomic E-state index is 14.4. The van der Waals surface area contributed by atoms with Crippen molar-refractivity contribution in [3.8, 4) is 5.69 Å². The van der Waals surface area contributed by atoms with Gasteiger partial charge in [-0.3, -0.25) is 14.5 Å². The van der Waals surface area contributed by atoms with Crippen LogP contribution in [0.2, 0.25) is 0 Å². The molecule has 0 saturated carbocycles. The number of fused-ring (bicyclic) bond motifs is 3. The van der Waals surface area contributed by atoms with Crippen molar-refractivity contribution >= 4 is 17.5 Å². The summed E-state index contributed by atoms with van der Waals surface area (Å²) in [6.45, 7) is 3.48. The Morgan fingerprint density at radius 2 is 1.51 bits per heavy atom. The number of aromatic nitrogens is 1. The van der Waals surface area contributed by atoms with Crippen LogP contribution in [0.3, 0.4) is 0 Å². The first-order valence-electron chi connectivity index (χ1n) is 11.7. The summed E-state index contributed by atoms with van der Waals surface area (Å²) in [6.07, 6.45) is 1.99. The number of halogens is 1. The largest absolute Gasteiger partial charge is 0.327 e. The Morgan fingerprint density at radius 3 is 2.23 bits per heavy atom. The topological polar surface area (TPSA) is 45.6 Å². The minimum absolute atomic E-state index is 0.0402. The second-order valence-electron chi connectivity index (χ2n) is 8.88. The van der Waals surface area contributed by atoms with Gasteiger partial charge in [0.1, 0.15) is 18.4 Å². The molecule has 5 rings (SSSR count). The number of benzene rings is 3. The monoisotopic (exact) mass is 467 g/mol. The molecule has 0 bridgehead atoms. The van der Waals surface area contributed by atoms with Gasteiger partial charge in [-0.15, -0.1) is 0 Å². The maximum Gasteiger partial charge on any atom is 0.257 e. The molecule has 2 amide bonds. The molecule has 0 spiro atoms. The third kappa shape index (κ3) is 4.01. The van der Waals surface area contributed by atoms with Crippen molar-refractivity contribution in [2.45, 2.75) is 25.9 Å². The first kappa shape index (κ1) is 22.6. The lowest BCUT2D eigenvalue weighted by atomic mass is 9.97. The van der Waals surface area contributed by atoms with Gasteiger partial charge in [-0.1, -0.05) is 54.6 Å². The van der Waals surface area contributed by atoms with Crippen molar-refractivity contribution in [3.05, 3.63) is 120 Å². The zero-order valence-electron chi connectivity index (χ0n) is 19.6. The number of rotatable bonds is 5. The molecule has 0 radical (unpaired) electrons. The molecular formula is C29H26FN3O2. The summed E-state index contributed by atoms with van der Waals surface area (Å²) in [7, 11) is 0. The number of amides is 2. The van der Waals surface area contributed by atoms with Crippen LogP contribution in [0.4, 0.5) is 10.1 Å². The van der Waals surface area contributed by atoms with Crippen LogP contribution in [0, 0.1) is 5.82 Å². The van der Waals surface area contributed by atoms with Crippen LogP contribution in [0.1, 0.15) is 41.5 Å². The van der Waals surface area contributed by atoms with E-state index in [2.05, 4.69) is 4.57 Å². The summed E-state index contributed by atoms with van der Waals surface area (Å²) in [5, 5.41) is 0. The molecule has 1 aromatic heterocycles. The average molecular weight is 468 g/mol. The van der Waals surface area contributed by atoms with Gasteiger partial charge < -0.3 is 9.47 Å². The number of carbonyl (C=O) groups is 2. The number of para-hydroxylation sites is 2. The van der Waals surface area contributed by atoms with Gasteiger partial charge in [-0.05, 0) is 55.8 Å². The summed E-state index contributed by atoms with van der Waals surface area (Å²) < 4.78 is 16.5. The van der Waals surface area contributed by atoms with Gasteiger partial charge >= 0.3 is 0 Å². The van der Waals surface area contributed by atoms with E-state index in [0.717, 1.165) is 22.6 Å². The summed E-state index contributed by atoms with van der Waals surface area (Å²) in [6, 6.07) is 26.8. The molecule has 1 unspecified atom stereocenters. The predicted molar refractivity (Wildman–Crippen MR) is 134 cm³/mol. The van der Waals surface area contributed by atoms with Gasteiger partial charge in [0, 0.05) is 12.2 Å². The average Bonchev–Trinajstić information content (AvgIpc) is 3.36. The van der Waals surface area contributed by atoms with E-state index >= 15 is 0 Å². The standard InChI is InChI=1S/C29H26FN3O2/c1-20(2)32(29(35)22-13-6-7-14-23(22)30)19-27(34)33-25-16-9-8-15-24(25)31-18-10-17-26(31)28(33)21-11-4-3-5-12-21/h3-18,20,28H,19H2,1-2H3. The molecular weight excluding hydrogens is 441 g/mol. The minimum atomic E-state index is -0.598. The molecule has 5 nitrogen and oxygen atoms in total. The Morgan fingerprint density at radius 1 is 0.857 bits per heavy atom. The Labute approximate surface area is 204 Å². The van der Waals surface area contributed by atoms with Crippen molar-refractivity contribution < 1.29 is 14.0 Å². The fraction of sp³-hybridized carbons (Fsp3) is 0.172. The third-order valence-electron chi connectivity index (χ3n) is 6.40. The first-order valence-corrected chi connectivity index (χ1v) is 11.7. The Hall–Kier alpha value is -4.19. The minimum Gasteiger partial charge on any atom is -0.327 e. The van der Waals surface area contributed by atoms with E-state index in [-0.39, 0.29) is 30.1 Å². The van der Waals surface area contributed by atoms with E-state index in [9.17, 15) is 14.0 Å². The molecule has 3 aromatic carbocycles. The second kappa shape index (κ2) is 9.22. The number of nitrogens with zero attached hydrogens (tertiary/aromatic N) is 3. The van der Waals surface area contributed by atoms with Crippen LogP contribution in [-0.4, -0.2) is 33.9 Å². The van der Waals surface area contributed by atoms with E-state index < -0.39 is 11.7 Å². The zero-order valence-corrected chi connectivity index (χ0v) is 19.6.